The van der Waals surface area contributed by atoms with Crippen LogP contribution in [0, 0.1) is 6.92 Å². The number of alkyl halides is 3. The molecule has 7 heteroatoms. The number of halogens is 3. The average molecular weight is 305 g/mol. The van der Waals surface area contributed by atoms with E-state index in [9.17, 15) is 13.2 Å². The van der Waals surface area contributed by atoms with Crippen LogP contribution < -0.4 is 11.1 Å². The molecule has 0 aliphatic heterocycles. The van der Waals surface area contributed by atoms with Gasteiger partial charge in [0.05, 0.1) is 0 Å². The van der Waals surface area contributed by atoms with Crippen molar-refractivity contribution in [3.63, 3.8) is 0 Å². The number of aromatic nitrogens is 1. The number of nitrogens with one attached hydrogen (secondary N) is 1. The summed E-state index contributed by atoms with van der Waals surface area (Å²) in [5.41, 5.74) is 7.70. The van der Waals surface area contributed by atoms with E-state index in [1.54, 1.807) is 6.20 Å². The van der Waals surface area contributed by atoms with Crippen LogP contribution in [0.25, 0.3) is 0 Å². The summed E-state index contributed by atoms with van der Waals surface area (Å²) in [7, 11) is 0. The first kappa shape index (κ1) is 17.7. The molecule has 0 fully saturated rings. The number of pyridine rings is 1. The Labute approximate surface area is 122 Å². The maximum atomic E-state index is 12.1. The van der Waals surface area contributed by atoms with Gasteiger partial charge in [-0.15, -0.1) is 0 Å². The molecule has 0 aliphatic carbocycles. The number of ether oxygens (including phenoxy) is 1. The minimum atomic E-state index is -4.30. The molecule has 0 bridgehead atoms. The van der Waals surface area contributed by atoms with Crippen LogP contribution in [0.4, 0.5) is 19.0 Å². The van der Waals surface area contributed by atoms with Crippen LogP contribution in [0.5, 0.6) is 0 Å². The van der Waals surface area contributed by atoms with Crippen LogP contribution in [0.1, 0.15) is 36.9 Å². The van der Waals surface area contributed by atoms with Crippen molar-refractivity contribution >= 4 is 5.82 Å². The molecule has 1 rings (SSSR count). The van der Waals surface area contributed by atoms with Crippen molar-refractivity contribution in [1.29, 1.82) is 0 Å². The van der Waals surface area contributed by atoms with Crippen LogP contribution in [0.2, 0.25) is 0 Å². The maximum Gasteiger partial charge on any atom is 0.411 e. The summed E-state index contributed by atoms with van der Waals surface area (Å²) in [5, 5.41) is 3.28. The Morgan fingerprint density at radius 3 is 2.71 bits per heavy atom. The lowest BCUT2D eigenvalue weighted by Crippen LogP contribution is -2.26. The molecule has 1 unspecified atom stereocenters. The van der Waals surface area contributed by atoms with Gasteiger partial charge in [-0.05, 0) is 37.9 Å². The zero-order valence-electron chi connectivity index (χ0n) is 12.3. The first-order chi connectivity index (χ1) is 9.85. The van der Waals surface area contributed by atoms with E-state index < -0.39 is 12.8 Å². The summed E-state index contributed by atoms with van der Waals surface area (Å²) in [6.45, 7) is 3.45. The van der Waals surface area contributed by atoms with Crippen LogP contribution in [-0.4, -0.2) is 30.9 Å². The fraction of sp³-hybridized carbons (Fsp3) is 0.643. The highest BCUT2D eigenvalue weighted by molar-refractivity contribution is 5.46. The summed E-state index contributed by atoms with van der Waals surface area (Å²) < 4.78 is 40.9. The van der Waals surface area contributed by atoms with Crippen LogP contribution in [0.3, 0.4) is 0 Å². The lowest BCUT2D eigenvalue weighted by Gasteiger charge is -2.22. The van der Waals surface area contributed by atoms with E-state index in [1.165, 1.54) is 0 Å². The highest BCUT2D eigenvalue weighted by atomic mass is 19.4. The van der Waals surface area contributed by atoms with Crippen LogP contribution >= 0.6 is 0 Å². The van der Waals surface area contributed by atoms with Crippen LogP contribution in [0.15, 0.2) is 12.3 Å². The van der Waals surface area contributed by atoms with Gasteiger partial charge >= 0.3 is 6.18 Å². The Morgan fingerprint density at radius 2 is 2.14 bits per heavy atom. The number of nitrogen functional groups attached to an aromatic ring is 1. The van der Waals surface area contributed by atoms with E-state index in [1.807, 2.05) is 19.9 Å². The summed E-state index contributed by atoms with van der Waals surface area (Å²) >= 11 is 0. The third-order valence-electron chi connectivity index (χ3n) is 3.04. The SMILES string of the molecule is CCCNC(CCOCC(F)(F)F)c1c(C)ccnc1N. The van der Waals surface area contributed by atoms with Gasteiger partial charge in [-0.25, -0.2) is 4.98 Å². The largest absolute Gasteiger partial charge is 0.411 e. The maximum absolute atomic E-state index is 12.1. The molecule has 0 spiro atoms. The fourth-order valence-electron chi connectivity index (χ4n) is 2.10. The zero-order chi connectivity index (χ0) is 15.9. The Morgan fingerprint density at radius 1 is 1.43 bits per heavy atom. The molecule has 0 aliphatic rings. The van der Waals surface area contributed by atoms with Crippen molar-refractivity contribution in [3.8, 4) is 0 Å². The molecule has 1 aromatic heterocycles. The van der Waals surface area contributed by atoms with Gasteiger partial charge in [0.2, 0.25) is 0 Å². The highest BCUT2D eigenvalue weighted by Gasteiger charge is 2.27. The molecular formula is C14H22F3N3O. The van der Waals surface area contributed by atoms with E-state index in [2.05, 4.69) is 15.0 Å². The van der Waals surface area contributed by atoms with Gasteiger partial charge in [-0.3, -0.25) is 0 Å². The predicted octanol–water partition coefficient (Wildman–Crippen LogP) is 2.98. The second-order valence-corrected chi connectivity index (χ2v) is 4.89. The number of hydrogen-bond acceptors (Lipinski definition) is 4. The monoisotopic (exact) mass is 305 g/mol. The van der Waals surface area contributed by atoms with Gasteiger partial charge in [0, 0.05) is 24.4 Å². The van der Waals surface area contributed by atoms with Gasteiger partial charge in [-0.1, -0.05) is 6.92 Å². The predicted molar refractivity (Wildman–Crippen MR) is 75.9 cm³/mol. The molecule has 0 saturated carbocycles. The molecule has 21 heavy (non-hydrogen) atoms. The van der Waals surface area contributed by atoms with E-state index in [-0.39, 0.29) is 12.6 Å². The molecule has 3 N–H and O–H groups in total. The Hall–Kier alpha value is -1.34. The van der Waals surface area contributed by atoms with Crippen molar-refractivity contribution in [2.24, 2.45) is 0 Å². The number of anilines is 1. The van der Waals surface area contributed by atoms with E-state index in [0.29, 0.717) is 12.2 Å². The fourth-order valence-corrected chi connectivity index (χ4v) is 2.10. The smallest absolute Gasteiger partial charge is 0.383 e. The average Bonchev–Trinajstić information content (AvgIpc) is 2.38. The number of aryl methyl sites for hydroxylation is 1. The summed E-state index contributed by atoms with van der Waals surface area (Å²) in [5.74, 6) is 0.402. The number of hydrogen-bond donors (Lipinski definition) is 2. The molecule has 1 heterocycles. The van der Waals surface area contributed by atoms with Crippen molar-refractivity contribution in [2.75, 3.05) is 25.5 Å². The van der Waals surface area contributed by atoms with Gasteiger partial charge in [0.25, 0.3) is 0 Å². The second-order valence-electron chi connectivity index (χ2n) is 4.89. The van der Waals surface area contributed by atoms with Gasteiger partial charge < -0.3 is 15.8 Å². The minimum Gasteiger partial charge on any atom is -0.383 e. The van der Waals surface area contributed by atoms with Crippen LogP contribution in [-0.2, 0) is 4.74 Å². The number of nitrogens with zero attached hydrogens (tertiary/aromatic N) is 1. The first-order valence-electron chi connectivity index (χ1n) is 6.94. The number of rotatable bonds is 8. The van der Waals surface area contributed by atoms with Crippen molar-refractivity contribution in [1.82, 2.24) is 10.3 Å². The highest BCUT2D eigenvalue weighted by Crippen LogP contribution is 2.25. The molecule has 0 aromatic carbocycles. The molecule has 120 valence electrons. The van der Waals surface area contributed by atoms with E-state index >= 15 is 0 Å². The van der Waals surface area contributed by atoms with E-state index in [0.717, 1.165) is 24.1 Å². The lowest BCUT2D eigenvalue weighted by molar-refractivity contribution is -0.174. The quantitative estimate of drug-likeness (QED) is 0.725. The summed E-state index contributed by atoms with van der Waals surface area (Å²) in [6.07, 6.45) is -1.35. The normalized spacial score (nSPS) is 13.4. The summed E-state index contributed by atoms with van der Waals surface area (Å²) in [6, 6.07) is 1.68. The van der Waals surface area contributed by atoms with Crippen molar-refractivity contribution < 1.29 is 17.9 Å². The molecule has 0 radical (unpaired) electrons. The third kappa shape index (κ3) is 6.31. The Bertz CT molecular complexity index is 418. The number of nitrogens with two attached hydrogens (primary N) is 1. The third-order valence-corrected chi connectivity index (χ3v) is 3.04. The first-order valence-corrected chi connectivity index (χ1v) is 6.94. The lowest BCUT2D eigenvalue weighted by atomic mass is 10.00. The Balaban J connectivity index is 2.68. The van der Waals surface area contributed by atoms with Crippen molar-refractivity contribution in [2.45, 2.75) is 38.9 Å². The van der Waals surface area contributed by atoms with Gasteiger partial charge in [-0.2, -0.15) is 13.2 Å². The van der Waals surface area contributed by atoms with Gasteiger partial charge in [0.1, 0.15) is 12.4 Å². The molecule has 1 atom stereocenters. The van der Waals surface area contributed by atoms with E-state index in [4.69, 9.17) is 5.73 Å². The minimum absolute atomic E-state index is 0.00860. The molecule has 0 amide bonds. The topological polar surface area (TPSA) is 60.2 Å². The molecule has 1 aromatic rings. The standard InChI is InChI=1S/C14H22F3N3O/c1-3-6-19-11(5-8-21-9-14(15,16)17)12-10(2)4-7-20-13(12)18/h4,7,11,19H,3,5-6,8-9H2,1-2H3,(H2,18,20). The molecular weight excluding hydrogens is 283 g/mol. The molecule has 4 nitrogen and oxygen atoms in total. The summed E-state index contributed by atoms with van der Waals surface area (Å²) in [4.78, 5) is 4.05. The zero-order valence-corrected chi connectivity index (χ0v) is 12.3. The van der Waals surface area contributed by atoms with Gasteiger partial charge in [0.15, 0.2) is 0 Å². The second kappa shape index (κ2) is 8.19. The Kier molecular flexibility index (Phi) is 6.91. The van der Waals surface area contributed by atoms with Crippen molar-refractivity contribution in [3.05, 3.63) is 23.4 Å². The molecule has 0 saturated heterocycles.